The number of aryl methyl sites for hydroxylation is 1. The number of nitrogens with zero attached hydrogens (tertiary/aromatic N) is 1. The lowest BCUT2D eigenvalue weighted by Gasteiger charge is -2.21. The molecule has 1 saturated heterocycles. The summed E-state index contributed by atoms with van der Waals surface area (Å²) in [5, 5.41) is -0.918. The van der Waals surface area contributed by atoms with Crippen molar-refractivity contribution in [1.29, 1.82) is 0 Å². The number of carbonyl (C=O) groups is 2. The smallest absolute Gasteiger partial charge is 0.410 e. The van der Waals surface area contributed by atoms with E-state index >= 15 is 0 Å². The molecule has 0 N–H and O–H groups in total. The van der Waals surface area contributed by atoms with Crippen molar-refractivity contribution in [2.24, 2.45) is 0 Å². The van der Waals surface area contributed by atoms with Crippen molar-refractivity contribution in [3.05, 3.63) is 65.7 Å². The minimum atomic E-state index is -3.72. The van der Waals surface area contributed by atoms with Crippen LogP contribution in [-0.4, -0.2) is 50.3 Å². The first-order chi connectivity index (χ1) is 13.8. The Hall–Kier alpha value is -2.87. The van der Waals surface area contributed by atoms with Gasteiger partial charge in [0.15, 0.2) is 9.84 Å². The summed E-state index contributed by atoms with van der Waals surface area (Å²) in [5.41, 5.74) is 1.73. The number of sulfone groups is 1. The zero-order chi connectivity index (χ0) is 21.0. The summed E-state index contributed by atoms with van der Waals surface area (Å²) in [6, 6.07) is 14.6. The number of hydrogen-bond acceptors (Lipinski definition) is 6. The van der Waals surface area contributed by atoms with E-state index in [1.54, 1.807) is 24.3 Å². The Balaban J connectivity index is 1.78. The number of rotatable bonds is 5. The van der Waals surface area contributed by atoms with Crippen LogP contribution in [0.2, 0.25) is 0 Å². The van der Waals surface area contributed by atoms with Crippen LogP contribution in [0.3, 0.4) is 0 Å². The lowest BCUT2D eigenvalue weighted by Crippen LogP contribution is -2.41. The molecule has 8 heteroatoms. The van der Waals surface area contributed by atoms with Gasteiger partial charge in [-0.3, -0.25) is 4.90 Å². The molecule has 2 aromatic carbocycles. The minimum absolute atomic E-state index is 0.0272. The summed E-state index contributed by atoms with van der Waals surface area (Å²) in [4.78, 5) is 26.1. The molecule has 154 valence electrons. The topological polar surface area (TPSA) is 90.0 Å². The Kier molecular flexibility index (Phi) is 6.22. The molecule has 1 amide bonds. The van der Waals surface area contributed by atoms with E-state index in [9.17, 15) is 18.0 Å². The van der Waals surface area contributed by atoms with Crippen LogP contribution in [0.25, 0.3) is 0 Å². The zero-order valence-corrected chi connectivity index (χ0v) is 17.1. The van der Waals surface area contributed by atoms with Crippen LogP contribution in [0.5, 0.6) is 0 Å². The van der Waals surface area contributed by atoms with Gasteiger partial charge in [0.25, 0.3) is 0 Å². The average Bonchev–Trinajstić information content (AvgIpc) is 3.19. The molecule has 1 heterocycles. The van der Waals surface area contributed by atoms with Crippen molar-refractivity contribution in [3.8, 4) is 0 Å². The second-order valence-electron chi connectivity index (χ2n) is 6.95. The van der Waals surface area contributed by atoms with Gasteiger partial charge in [0.2, 0.25) is 0 Å². The average molecular weight is 417 g/mol. The van der Waals surface area contributed by atoms with Gasteiger partial charge < -0.3 is 9.47 Å². The van der Waals surface area contributed by atoms with Crippen molar-refractivity contribution < 1.29 is 27.5 Å². The number of amides is 1. The highest BCUT2D eigenvalue weighted by Gasteiger charge is 2.46. The monoisotopic (exact) mass is 417 g/mol. The van der Waals surface area contributed by atoms with Gasteiger partial charge >= 0.3 is 12.1 Å². The Bertz CT molecular complexity index is 972. The van der Waals surface area contributed by atoms with E-state index < -0.39 is 33.2 Å². The van der Waals surface area contributed by atoms with Gasteiger partial charge in [-0.25, -0.2) is 18.0 Å². The highest BCUT2D eigenvalue weighted by Crippen LogP contribution is 2.29. The fraction of sp³-hybridized carbons (Fsp3) is 0.333. The molecule has 2 aromatic rings. The third-order valence-corrected chi connectivity index (χ3v) is 7.11. The van der Waals surface area contributed by atoms with E-state index in [1.807, 2.05) is 25.1 Å². The van der Waals surface area contributed by atoms with Gasteiger partial charge in [0, 0.05) is 6.54 Å². The van der Waals surface area contributed by atoms with Gasteiger partial charge in [0.1, 0.15) is 12.6 Å². The van der Waals surface area contributed by atoms with Crippen LogP contribution in [-0.2, 0) is 30.7 Å². The first-order valence-corrected chi connectivity index (χ1v) is 10.7. The number of ether oxygens (including phenoxy) is 2. The highest BCUT2D eigenvalue weighted by molar-refractivity contribution is 7.92. The first kappa shape index (κ1) is 20.9. The molecule has 0 spiro atoms. The summed E-state index contributed by atoms with van der Waals surface area (Å²) >= 11 is 0. The quantitative estimate of drug-likeness (QED) is 0.695. The predicted octanol–water partition coefficient (Wildman–Crippen LogP) is 2.72. The highest BCUT2D eigenvalue weighted by atomic mass is 32.2. The maximum absolute atomic E-state index is 13.0. The first-order valence-electron chi connectivity index (χ1n) is 9.18. The lowest BCUT2D eigenvalue weighted by atomic mass is 10.2. The second-order valence-corrected chi connectivity index (χ2v) is 9.18. The normalized spacial score (nSPS) is 19.0. The molecular weight excluding hydrogens is 394 g/mol. The summed E-state index contributed by atoms with van der Waals surface area (Å²) in [6.07, 6.45) is -0.783. The summed E-state index contributed by atoms with van der Waals surface area (Å²) < 4.78 is 36.1. The predicted molar refractivity (Wildman–Crippen MR) is 106 cm³/mol. The van der Waals surface area contributed by atoms with Gasteiger partial charge in [0.05, 0.1) is 17.3 Å². The molecule has 0 aliphatic carbocycles. The molecule has 1 fully saturated rings. The molecule has 1 aliphatic heterocycles. The number of methoxy groups -OCH3 is 1. The Labute approximate surface area is 170 Å². The molecular formula is C21H23NO6S. The molecule has 7 nitrogen and oxygen atoms in total. The fourth-order valence-electron chi connectivity index (χ4n) is 3.31. The number of carbonyl (C=O) groups excluding carboxylic acids is 2. The van der Waals surface area contributed by atoms with Crippen molar-refractivity contribution in [3.63, 3.8) is 0 Å². The molecule has 0 unspecified atom stereocenters. The molecule has 29 heavy (non-hydrogen) atoms. The maximum Gasteiger partial charge on any atom is 0.410 e. The molecule has 0 aromatic heterocycles. The lowest BCUT2D eigenvalue weighted by molar-refractivity contribution is -0.145. The number of benzene rings is 2. The van der Waals surface area contributed by atoms with E-state index in [-0.39, 0.29) is 24.5 Å². The Morgan fingerprint density at radius 2 is 1.72 bits per heavy atom. The standard InChI is InChI=1S/C21H23NO6S/c1-15-8-10-17(11-9-15)29(25,26)18-12-19(20(23)27-2)22(13-18)21(24)28-14-16-6-4-3-5-7-16/h3-11,18-19H,12-14H2,1-2H3/t18-,19-/m1/s1. The van der Waals surface area contributed by atoms with Gasteiger partial charge in [-0.2, -0.15) is 0 Å². The van der Waals surface area contributed by atoms with E-state index in [0.29, 0.717) is 0 Å². The molecule has 2 atom stereocenters. The van der Waals surface area contributed by atoms with Crippen LogP contribution in [0.15, 0.2) is 59.5 Å². The van der Waals surface area contributed by atoms with Gasteiger partial charge in [-0.05, 0) is 31.0 Å². The third-order valence-electron chi connectivity index (χ3n) is 4.96. The minimum Gasteiger partial charge on any atom is -0.467 e. The summed E-state index contributed by atoms with van der Waals surface area (Å²) in [6.45, 7) is 1.76. The van der Waals surface area contributed by atoms with Crippen molar-refractivity contribution in [1.82, 2.24) is 4.90 Å². The molecule has 1 aliphatic rings. The number of likely N-dealkylation sites (tertiary alicyclic amines) is 1. The second kappa shape index (κ2) is 8.65. The number of hydrogen-bond donors (Lipinski definition) is 0. The molecule has 0 saturated carbocycles. The van der Waals surface area contributed by atoms with E-state index in [0.717, 1.165) is 16.0 Å². The summed E-state index contributed by atoms with van der Waals surface area (Å²) in [7, 11) is -2.51. The molecule has 3 rings (SSSR count). The van der Waals surface area contributed by atoms with Crippen LogP contribution in [0.1, 0.15) is 17.5 Å². The molecule has 0 radical (unpaired) electrons. The van der Waals surface area contributed by atoms with Crippen molar-refractivity contribution >= 4 is 21.9 Å². The Morgan fingerprint density at radius 1 is 1.07 bits per heavy atom. The largest absolute Gasteiger partial charge is 0.467 e. The number of esters is 1. The van der Waals surface area contributed by atoms with Crippen LogP contribution in [0, 0.1) is 6.92 Å². The van der Waals surface area contributed by atoms with E-state index in [1.165, 1.54) is 19.2 Å². The van der Waals surface area contributed by atoms with Crippen molar-refractivity contribution in [2.75, 3.05) is 13.7 Å². The van der Waals surface area contributed by atoms with Crippen LogP contribution < -0.4 is 0 Å². The SMILES string of the molecule is COC(=O)[C@H]1C[C@@H](S(=O)(=O)c2ccc(C)cc2)CN1C(=O)OCc1ccccc1. The van der Waals surface area contributed by atoms with Crippen LogP contribution >= 0.6 is 0 Å². The Morgan fingerprint density at radius 3 is 2.34 bits per heavy atom. The van der Waals surface area contributed by atoms with E-state index in [4.69, 9.17) is 9.47 Å². The zero-order valence-electron chi connectivity index (χ0n) is 16.3. The maximum atomic E-state index is 13.0. The van der Waals surface area contributed by atoms with E-state index in [2.05, 4.69) is 0 Å². The van der Waals surface area contributed by atoms with Gasteiger partial charge in [-0.1, -0.05) is 48.0 Å². The summed E-state index contributed by atoms with van der Waals surface area (Å²) in [5.74, 6) is -0.664. The fourth-order valence-corrected chi connectivity index (χ4v) is 5.00. The molecule has 0 bridgehead atoms. The van der Waals surface area contributed by atoms with Crippen molar-refractivity contribution in [2.45, 2.75) is 36.1 Å². The third kappa shape index (κ3) is 4.59. The van der Waals surface area contributed by atoms with Gasteiger partial charge in [-0.15, -0.1) is 0 Å². The van der Waals surface area contributed by atoms with Crippen LogP contribution in [0.4, 0.5) is 4.79 Å².